The van der Waals surface area contributed by atoms with Crippen LogP contribution in [0.25, 0.3) is 11.5 Å². The highest BCUT2D eigenvalue weighted by atomic mass is 16.5. The van der Waals surface area contributed by atoms with Crippen molar-refractivity contribution in [3.05, 3.63) is 36.2 Å². The van der Waals surface area contributed by atoms with Gasteiger partial charge in [0.2, 0.25) is 0 Å². The Morgan fingerprint density at radius 1 is 1.32 bits per heavy atom. The second kappa shape index (κ2) is 5.50. The summed E-state index contributed by atoms with van der Waals surface area (Å²) in [6, 6.07) is 10.5. The van der Waals surface area contributed by atoms with E-state index in [1.165, 1.54) is 0 Å². The lowest BCUT2D eigenvalue weighted by Gasteiger charge is -2.36. The number of nitrogens with one attached hydrogen (secondary N) is 1. The number of benzene rings is 1. The highest BCUT2D eigenvalue weighted by Gasteiger charge is 2.24. The molecule has 0 atom stereocenters. The Morgan fingerprint density at radius 3 is 2.74 bits per heavy atom. The van der Waals surface area contributed by atoms with Crippen molar-refractivity contribution < 1.29 is 4.52 Å². The molecule has 100 valence electrons. The Hall–Kier alpha value is -1.72. The highest BCUT2D eigenvalue weighted by Crippen LogP contribution is 2.17. The van der Waals surface area contributed by atoms with E-state index in [2.05, 4.69) is 27.3 Å². The van der Waals surface area contributed by atoms with Gasteiger partial charge >= 0.3 is 0 Å². The lowest BCUT2D eigenvalue weighted by atomic mass is 10.1. The van der Waals surface area contributed by atoms with Crippen LogP contribution in [-0.4, -0.2) is 40.7 Å². The fourth-order valence-corrected chi connectivity index (χ4v) is 2.23. The molecule has 5 nitrogen and oxygen atoms in total. The molecule has 1 aromatic heterocycles. The first kappa shape index (κ1) is 12.3. The van der Waals surface area contributed by atoms with Crippen molar-refractivity contribution in [1.29, 1.82) is 0 Å². The first-order chi connectivity index (χ1) is 9.36. The number of hydrogen-bond donors (Lipinski definition) is 1. The van der Waals surface area contributed by atoms with Gasteiger partial charge in [-0.15, -0.1) is 0 Å². The zero-order valence-electron chi connectivity index (χ0n) is 11.0. The number of rotatable bonds is 5. The molecule has 0 radical (unpaired) electrons. The third-order valence-electron chi connectivity index (χ3n) is 3.52. The van der Waals surface area contributed by atoms with Gasteiger partial charge in [0.15, 0.2) is 5.82 Å². The summed E-state index contributed by atoms with van der Waals surface area (Å²) in [5, 5.41) is 7.36. The van der Waals surface area contributed by atoms with Gasteiger partial charge in [-0.05, 0) is 18.7 Å². The molecule has 0 aliphatic carbocycles. The van der Waals surface area contributed by atoms with E-state index in [0.29, 0.717) is 11.9 Å². The van der Waals surface area contributed by atoms with E-state index in [-0.39, 0.29) is 0 Å². The number of nitrogens with zero attached hydrogens (tertiary/aromatic N) is 3. The predicted molar refractivity (Wildman–Crippen MR) is 72.5 cm³/mol. The Morgan fingerprint density at radius 2 is 2.11 bits per heavy atom. The maximum atomic E-state index is 5.32. The average molecular weight is 258 g/mol. The van der Waals surface area contributed by atoms with E-state index in [1.807, 2.05) is 30.3 Å². The van der Waals surface area contributed by atoms with Gasteiger partial charge in [0.25, 0.3) is 5.89 Å². The smallest absolute Gasteiger partial charge is 0.257 e. The van der Waals surface area contributed by atoms with E-state index in [1.54, 1.807) is 0 Å². The van der Waals surface area contributed by atoms with Crippen molar-refractivity contribution >= 4 is 0 Å². The van der Waals surface area contributed by atoms with Gasteiger partial charge in [-0.2, -0.15) is 4.98 Å². The summed E-state index contributed by atoms with van der Waals surface area (Å²) in [5.41, 5.74) is 0.967. The summed E-state index contributed by atoms with van der Waals surface area (Å²) in [6.45, 7) is 6.02. The topological polar surface area (TPSA) is 54.2 Å². The highest BCUT2D eigenvalue weighted by molar-refractivity contribution is 5.51. The second-order valence-electron chi connectivity index (χ2n) is 4.76. The minimum Gasteiger partial charge on any atom is -0.334 e. The number of hydrogen-bond acceptors (Lipinski definition) is 5. The van der Waals surface area contributed by atoms with Gasteiger partial charge in [0.1, 0.15) is 0 Å². The van der Waals surface area contributed by atoms with Gasteiger partial charge in [0.05, 0.1) is 6.54 Å². The SMILES string of the molecule is CCN(Cc1noc(-c2ccccc2)n1)C1CNC1. The molecule has 1 saturated heterocycles. The molecule has 19 heavy (non-hydrogen) atoms. The standard InChI is InChI=1S/C14H18N4O/c1-2-18(12-8-15-9-12)10-13-16-14(19-17-13)11-6-4-3-5-7-11/h3-7,12,15H,2,8-10H2,1H3. The number of likely N-dealkylation sites (N-methyl/N-ethyl adjacent to an activating group) is 1. The minimum atomic E-state index is 0.596. The van der Waals surface area contributed by atoms with Crippen molar-refractivity contribution in [2.75, 3.05) is 19.6 Å². The van der Waals surface area contributed by atoms with Gasteiger partial charge in [-0.1, -0.05) is 30.3 Å². The molecule has 0 amide bonds. The van der Waals surface area contributed by atoms with Crippen LogP contribution in [0.4, 0.5) is 0 Å². The molecule has 1 aliphatic rings. The van der Waals surface area contributed by atoms with Crippen LogP contribution in [0.3, 0.4) is 0 Å². The normalized spacial score (nSPS) is 15.7. The fraction of sp³-hybridized carbons (Fsp3) is 0.429. The molecule has 0 spiro atoms. The van der Waals surface area contributed by atoms with Crippen molar-refractivity contribution in [2.24, 2.45) is 0 Å². The van der Waals surface area contributed by atoms with Gasteiger partial charge in [0, 0.05) is 24.7 Å². The molecule has 2 aromatic rings. The Bertz CT molecular complexity index is 521. The summed E-state index contributed by atoms with van der Waals surface area (Å²) in [7, 11) is 0. The maximum Gasteiger partial charge on any atom is 0.257 e. The van der Waals surface area contributed by atoms with Crippen LogP contribution >= 0.6 is 0 Å². The Kier molecular flexibility index (Phi) is 3.57. The van der Waals surface area contributed by atoms with E-state index in [9.17, 15) is 0 Å². The third kappa shape index (κ3) is 2.67. The first-order valence-electron chi connectivity index (χ1n) is 6.69. The van der Waals surface area contributed by atoms with Crippen LogP contribution in [0.15, 0.2) is 34.9 Å². The predicted octanol–water partition coefficient (Wildman–Crippen LogP) is 1.53. The summed E-state index contributed by atoms with van der Waals surface area (Å²) in [4.78, 5) is 6.84. The van der Waals surface area contributed by atoms with Crippen LogP contribution in [-0.2, 0) is 6.54 Å². The zero-order valence-corrected chi connectivity index (χ0v) is 11.0. The van der Waals surface area contributed by atoms with Crippen molar-refractivity contribution in [3.8, 4) is 11.5 Å². The average Bonchev–Trinajstić information content (AvgIpc) is 2.85. The minimum absolute atomic E-state index is 0.596. The first-order valence-corrected chi connectivity index (χ1v) is 6.69. The number of aromatic nitrogens is 2. The summed E-state index contributed by atoms with van der Waals surface area (Å²) < 4.78 is 5.32. The molecule has 0 bridgehead atoms. The maximum absolute atomic E-state index is 5.32. The van der Waals surface area contributed by atoms with E-state index in [0.717, 1.165) is 37.6 Å². The van der Waals surface area contributed by atoms with Crippen LogP contribution in [0.1, 0.15) is 12.7 Å². The van der Waals surface area contributed by atoms with Crippen LogP contribution in [0, 0.1) is 0 Å². The van der Waals surface area contributed by atoms with Crippen LogP contribution < -0.4 is 5.32 Å². The molecule has 2 heterocycles. The van der Waals surface area contributed by atoms with E-state index < -0.39 is 0 Å². The molecule has 5 heteroatoms. The summed E-state index contributed by atoms with van der Waals surface area (Å²) in [5.74, 6) is 1.35. The van der Waals surface area contributed by atoms with Crippen molar-refractivity contribution in [3.63, 3.8) is 0 Å². The van der Waals surface area contributed by atoms with Gasteiger partial charge < -0.3 is 9.84 Å². The van der Waals surface area contributed by atoms with E-state index in [4.69, 9.17) is 4.52 Å². The van der Waals surface area contributed by atoms with Crippen molar-refractivity contribution in [2.45, 2.75) is 19.5 Å². The molecule has 3 rings (SSSR count). The molecular formula is C14H18N4O. The van der Waals surface area contributed by atoms with E-state index >= 15 is 0 Å². The van der Waals surface area contributed by atoms with Gasteiger partial charge in [-0.3, -0.25) is 4.90 Å². The molecule has 1 fully saturated rings. The molecule has 1 aromatic carbocycles. The molecule has 1 aliphatic heterocycles. The molecule has 0 unspecified atom stereocenters. The third-order valence-corrected chi connectivity index (χ3v) is 3.52. The Balaban J connectivity index is 1.70. The molecular weight excluding hydrogens is 240 g/mol. The van der Waals surface area contributed by atoms with Crippen LogP contribution in [0.2, 0.25) is 0 Å². The fourth-order valence-electron chi connectivity index (χ4n) is 2.23. The zero-order chi connectivity index (χ0) is 13.1. The van der Waals surface area contributed by atoms with Gasteiger partial charge in [-0.25, -0.2) is 0 Å². The lowest BCUT2D eigenvalue weighted by Crippen LogP contribution is -2.56. The second-order valence-corrected chi connectivity index (χ2v) is 4.76. The Labute approximate surface area is 112 Å². The molecule has 1 N–H and O–H groups in total. The quantitative estimate of drug-likeness (QED) is 0.881. The molecule has 0 saturated carbocycles. The van der Waals surface area contributed by atoms with Crippen molar-refractivity contribution in [1.82, 2.24) is 20.4 Å². The summed E-state index contributed by atoms with van der Waals surface area (Å²) >= 11 is 0. The summed E-state index contributed by atoms with van der Waals surface area (Å²) in [6.07, 6.45) is 0. The monoisotopic (exact) mass is 258 g/mol. The largest absolute Gasteiger partial charge is 0.334 e. The van der Waals surface area contributed by atoms with Crippen LogP contribution in [0.5, 0.6) is 0 Å². The lowest BCUT2D eigenvalue weighted by molar-refractivity contribution is 0.140.